The Bertz CT molecular complexity index is 1210. The number of nitrogens with zero attached hydrogens (tertiary/aromatic N) is 2. The van der Waals surface area contributed by atoms with Crippen LogP contribution in [0.5, 0.6) is 5.75 Å². The number of aryl methyl sites for hydroxylation is 1. The van der Waals surface area contributed by atoms with Gasteiger partial charge in [-0.15, -0.1) is 0 Å². The highest BCUT2D eigenvalue weighted by atomic mass is 32.2. The Labute approximate surface area is 165 Å². The van der Waals surface area contributed by atoms with Crippen molar-refractivity contribution < 1.29 is 14.3 Å². The van der Waals surface area contributed by atoms with Crippen molar-refractivity contribution in [1.29, 1.82) is 0 Å². The Hall–Kier alpha value is -2.77. The molecule has 2 aromatic heterocycles. The zero-order valence-electron chi connectivity index (χ0n) is 15.6. The zero-order chi connectivity index (χ0) is 19.7. The molecule has 0 bridgehead atoms. The molecule has 0 aliphatic heterocycles. The number of fused-ring (bicyclic) bond motifs is 2. The number of rotatable bonds is 6. The average Bonchev–Trinajstić information content (AvgIpc) is 3.05. The van der Waals surface area contributed by atoms with Crippen molar-refractivity contribution in [2.75, 3.05) is 13.7 Å². The molecule has 2 aromatic carbocycles. The van der Waals surface area contributed by atoms with Gasteiger partial charge in [-0.2, -0.15) is 0 Å². The van der Waals surface area contributed by atoms with Crippen LogP contribution < -0.4 is 5.63 Å². The van der Waals surface area contributed by atoms with E-state index < -0.39 is 5.63 Å². The van der Waals surface area contributed by atoms with Gasteiger partial charge in [0.05, 0.1) is 17.6 Å². The van der Waals surface area contributed by atoms with Crippen molar-refractivity contribution in [2.45, 2.75) is 24.4 Å². The molecule has 0 saturated heterocycles. The molecule has 0 aliphatic rings. The number of hydrogen-bond acceptors (Lipinski definition) is 6. The van der Waals surface area contributed by atoms with Gasteiger partial charge in [-0.05, 0) is 36.8 Å². The average molecular weight is 396 g/mol. The summed E-state index contributed by atoms with van der Waals surface area (Å²) in [7, 11) is 1.68. The van der Waals surface area contributed by atoms with Crippen molar-refractivity contribution in [2.24, 2.45) is 0 Å². The highest BCUT2D eigenvalue weighted by Gasteiger charge is 2.14. The third kappa shape index (κ3) is 3.39. The molecule has 7 heteroatoms. The molecule has 144 valence electrons. The Morgan fingerprint density at radius 1 is 1.25 bits per heavy atom. The summed E-state index contributed by atoms with van der Waals surface area (Å²) in [6, 6.07) is 12.9. The summed E-state index contributed by atoms with van der Waals surface area (Å²) < 4.78 is 12.7. The molecular weight excluding hydrogens is 376 g/mol. The first-order chi connectivity index (χ1) is 13.6. The lowest BCUT2D eigenvalue weighted by Crippen LogP contribution is -2.06. The minimum atomic E-state index is -0.426. The molecule has 0 amide bonds. The summed E-state index contributed by atoms with van der Waals surface area (Å²) in [4.78, 5) is 16.8. The fraction of sp³-hybridized carbons (Fsp3) is 0.238. The van der Waals surface area contributed by atoms with E-state index in [0.29, 0.717) is 30.1 Å². The standard InChI is InChI=1S/C21H20N2O4S/c1-13-18(24)8-7-15-14(11-19(25)27-20(13)15)12-28-21-22-16-5-3-4-6-17(16)23(21)9-10-26-2/h3-8,11,24H,9-10,12H2,1-2H3. The summed E-state index contributed by atoms with van der Waals surface area (Å²) in [5.41, 5.74) is 3.40. The van der Waals surface area contributed by atoms with Crippen molar-refractivity contribution in [1.82, 2.24) is 9.55 Å². The van der Waals surface area contributed by atoms with Gasteiger partial charge in [0.2, 0.25) is 0 Å². The van der Waals surface area contributed by atoms with Gasteiger partial charge in [0, 0.05) is 36.4 Å². The van der Waals surface area contributed by atoms with Crippen molar-refractivity contribution in [3.05, 3.63) is 64.0 Å². The lowest BCUT2D eigenvalue weighted by Gasteiger charge is -2.10. The number of benzene rings is 2. The van der Waals surface area contributed by atoms with Crippen LogP contribution >= 0.6 is 11.8 Å². The molecule has 1 N–H and O–H groups in total. The van der Waals surface area contributed by atoms with Gasteiger partial charge in [0.1, 0.15) is 11.3 Å². The number of thioether (sulfide) groups is 1. The van der Waals surface area contributed by atoms with E-state index >= 15 is 0 Å². The second-order valence-electron chi connectivity index (χ2n) is 6.49. The maximum atomic E-state index is 12.0. The predicted octanol–water partition coefficient (Wildman–Crippen LogP) is 4.10. The van der Waals surface area contributed by atoms with Crippen LogP contribution in [-0.4, -0.2) is 28.4 Å². The molecule has 6 nitrogen and oxygen atoms in total. The van der Waals surface area contributed by atoms with Gasteiger partial charge >= 0.3 is 5.63 Å². The van der Waals surface area contributed by atoms with E-state index in [0.717, 1.165) is 27.1 Å². The molecule has 0 fully saturated rings. The first kappa shape index (κ1) is 18.6. The second kappa shape index (κ2) is 7.69. The van der Waals surface area contributed by atoms with Gasteiger partial charge in [-0.1, -0.05) is 23.9 Å². The Kier molecular flexibility index (Phi) is 5.11. The highest BCUT2D eigenvalue weighted by Crippen LogP contribution is 2.32. The fourth-order valence-electron chi connectivity index (χ4n) is 3.24. The van der Waals surface area contributed by atoms with Crippen molar-refractivity contribution >= 4 is 33.8 Å². The highest BCUT2D eigenvalue weighted by molar-refractivity contribution is 7.98. The number of phenols is 1. The van der Waals surface area contributed by atoms with Crippen LogP contribution in [-0.2, 0) is 17.0 Å². The van der Waals surface area contributed by atoms with E-state index in [1.807, 2.05) is 24.3 Å². The summed E-state index contributed by atoms with van der Waals surface area (Å²) >= 11 is 1.56. The third-order valence-electron chi connectivity index (χ3n) is 4.71. The maximum Gasteiger partial charge on any atom is 0.336 e. The van der Waals surface area contributed by atoms with Gasteiger partial charge in [-0.3, -0.25) is 0 Å². The molecule has 4 rings (SSSR count). The minimum Gasteiger partial charge on any atom is -0.508 e. The number of hydrogen-bond donors (Lipinski definition) is 1. The fourth-order valence-corrected chi connectivity index (χ4v) is 4.27. The first-order valence-electron chi connectivity index (χ1n) is 8.91. The topological polar surface area (TPSA) is 77.5 Å². The summed E-state index contributed by atoms with van der Waals surface area (Å²) in [5.74, 6) is 0.671. The van der Waals surface area contributed by atoms with Crippen LogP contribution in [0.1, 0.15) is 11.1 Å². The number of aromatic hydroxyl groups is 1. The zero-order valence-corrected chi connectivity index (χ0v) is 16.5. The smallest absolute Gasteiger partial charge is 0.336 e. The summed E-state index contributed by atoms with van der Waals surface area (Å²) in [6.07, 6.45) is 0. The van der Waals surface area contributed by atoms with Crippen molar-refractivity contribution in [3.63, 3.8) is 0 Å². The predicted molar refractivity (Wildman–Crippen MR) is 110 cm³/mol. The Morgan fingerprint density at radius 2 is 2.07 bits per heavy atom. The molecule has 0 unspecified atom stereocenters. The molecule has 0 atom stereocenters. The van der Waals surface area contributed by atoms with Crippen LogP contribution in [0.3, 0.4) is 0 Å². The van der Waals surface area contributed by atoms with Crippen LogP contribution in [0.15, 0.2) is 56.8 Å². The van der Waals surface area contributed by atoms with E-state index in [1.54, 1.807) is 37.9 Å². The number of imidazole rings is 1. The summed E-state index contributed by atoms with van der Waals surface area (Å²) in [6.45, 7) is 3.02. The molecule has 0 saturated carbocycles. The van der Waals surface area contributed by atoms with Gasteiger partial charge in [-0.25, -0.2) is 9.78 Å². The van der Waals surface area contributed by atoms with E-state index in [4.69, 9.17) is 14.1 Å². The van der Waals surface area contributed by atoms with E-state index in [2.05, 4.69) is 4.57 Å². The lowest BCUT2D eigenvalue weighted by molar-refractivity contribution is 0.186. The van der Waals surface area contributed by atoms with Crippen LogP contribution in [0.2, 0.25) is 0 Å². The molecule has 4 aromatic rings. The molecule has 2 heterocycles. The van der Waals surface area contributed by atoms with E-state index in [1.165, 1.54) is 6.07 Å². The van der Waals surface area contributed by atoms with Crippen LogP contribution in [0.25, 0.3) is 22.0 Å². The number of para-hydroxylation sites is 2. The Morgan fingerprint density at radius 3 is 2.89 bits per heavy atom. The minimum absolute atomic E-state index is 0.113. The largest absolute Gasteiger partial charge is 0.508 e. The number of aromatic nitrogens is 2. The first-order valence-corrected chi connectivity index (χ1v) is 9.89. The van der Waals surface area contributed by atoms with Crippen LogP contribution in [0.4, 0.5) is 0 Å². The van der Waals surface area contributed by atoms with Gasteiger partial charge in [0.25, 0.3) is 0 Å². The normalized spacial score (nSPS) is 11.5. The maximum absolute atomic E-state index is 12.0. The van der Waals surface area contributed by atoms with Gasteiger partial charge in [0.15, 0.2) is 5.16 Å². The molecule has 0 radical (unpaired) electrons. The second-order valence-corrected chi connectivity index (χ2v) is 7.44. The Balaban J connectivity index is 1.72. The van der Waals surface area contributed by atoms with Crippen LogP contribution in [0, 0.1) is 6.92 Å². The monoisotopic (exact) mass is 396 g/mol. The molecule has 28 heavy (non-hydrogen) atoms. The molecular formula is C21H20N2O4S. The summed E-state index contributed by atoms with van der Waals surface area (Å²) in [5, 5.41) is 11.6. The quantitative estimate of drug-likeness (QED) is 0.391. The van der Waals surface area contributed by atoms with E-state index in [-0.39, 0.29) is 5.75 Å². The third-order valence-corrected chi connectivity index (χ3v) is 5.74. The number of methoxy groups -OCH3 is 1. The van der Waals surface area contributed by atoms with E-state index in [9.17, 15) is 9.90 Å². The lowest BCUT2D eigenvalue weighted by atomic mass is 10.1. The number of phenolic OH excluding ortho intramolecular Hbond substituents is 1. The molecule has 0 spiro atoms. The van der Waals surface area contributed by atoms with Crippen molar-refractivity contribution in [3.8, 4) is 5.75 Å². The van der Waals surface area contributed by atoms with Gasteiger partial charge < -0.3 is 18.8 Å². The SMILES string of the molecule is COCCn1c(SCc2cc(=O)oc3c(C)c(O)ccc23)nc2ccccc21. The number of ether oxygens (including phenoxy) is 1. The molecule has 0 aliphatic carbocycles.